The summed E-state index contributed by atoms with van der Waals surface area (Å²) in [4.78, 5) is 11.2. The summed E-state index contributed by atoms with van der Waals surface area (Å²) in [6.07, 6.45) is 2.32. The Kier molecular flexibility index (Phi) is 1.83. The largest absolute Gasteiger partial charge is 0.469 e. The van der Waals surface area contributed by atoms with Crippen molar-refractivity contribution >= 4 is 5.97 Å². The summed E-state index contributed by atoms with van der Waals surface area (Å²) < 4.78 is 10.3. The van der Waals surface area contributed by atoms with Crippen molar-refractivity contribution in [1.82, 2.24) is 0 Å². The second-order valence-electron chi connectivity index (χ2n) is 3.79. The Morgan fingerprint density at radius 2 is 2.17 bits per heavy atom. The molecule has 4 atom stereocenters. The van der Waals surface area contributed by atoms with Crippen LogP contribution in [0.4, 0.5) is 0 Å². The third-order valence-corrected chi connectivity index (χ3v) is 3.03. The van der Waals surface area contributed by atoms with E-state index in [2.05, 4.69) is 6.92 Å². The number of carbonyl (C=O) groups excluding carboxylic acids is 1. The second kappa shape index (κ2) is 2.73. The fourth-order valence-corrected chi connectivity index (χ4v) is 2.28. The Morgan fingerprint density at radius 1 is 1.42 bits per heavy atom. The van der Waals surface area contributed by atoms with Gasteiger partial charge in [-0.25, -0.2) is 0 Å². The van der Waals surface area contributed by atoms with Crippen molar-refractivity contribution in [2.75, 3.05) is 7.11 Å². The molecule has 2 heterocycles. The van der Waals surface area contributed by atoms with Crippen LogP contribution in [0, 0.1) is 11.8 Å². The summed E-state index contributed by atoms with van der Waals surface area (Å²) in [5.74, 6) is 0.529. The van der Waals surface area contributed by atoms with Crippen LogP contribution in [0.25, 0.3) is 0 Å². The first-order chi connectivity index (χ1) is 5.72. The molecule has 0 amide bonds. The van der Waals surface area contributed by atoms with Gasteiger partial charge in [-0.15, -0.1) is 0 Å². The van der Waals surface area contributed by atoms with Crippen LogP contribution < -0.4 is 0 Å². The highest BCUT2D eigenvalue weighted by atomic mass is 16.5. The number of methoxy groups -OCH3 is 1. The maximum atomic E-state index is 11.2. The molecule has 0 radical (unpaired) electrons. The standard InChI is InChI=1S/C9H14O3/c1-5-3-8-6(9(10)11-2)4-7(5)12-8/h5-8H,3-4H2,1-2H3. The first-order valence-corrected chi connectivity index (χ1v) is 4.45. The fraction of sp³-hybridized carbons (Fsp3) is 0.889. The van der Waals surface area contributed by atoms with Crippen molar-refractivity contribution in [3.63, 3.8) is 0 Å². The Balaban J connectivity index is 2.02. The number of carbonyl (C=O) groups is 1. The number of hydrogen-bond donors (Lipinski definition) is 0. The van der Waals surface area contributed by atoms with Crippen molar-refractivity contribution in [2.45, 2.75) is 32.0 Å². The van der Waals surface area contributed by atoms with Gasteiger partial charge in [0.15, 0.2) is 0 Å². The zero-order valence-electron chi connectivity index (χ0n) is 7.45. The number of hydrogen-bond acceptors (Lipinski definition) is 3. The van der Waals surface area contributed by atoms with Gasteiger partial charge in [-0.2, -0.15) is 0 Å². The van der Waals surface area contributed by atoms with E-state index in [9.17, 15) is 4.79 Å². The molecule has 2 aliphatic rings. The smallest absolute Gasteiger partial charge is 0.311 e. The Hall–Kier alpha value is -0.570. The van der Waals surface area contributed by atoms with E-state index in [1.807, 2.05) is 0 Å². The molecule has 4 unspecified atom stereocenters. The Labute approximate surface area is 72.0 Å². The SMILES string of the molecule is COC(=O)C1CC2OC1CC2C. The van der Waals surface area contributed by atoms with Gasteiger partial charge >= 0.3 is 5.97 Å². The van der Waals surface area contributed by atoms with E-state index in [0.717, 1.165) is 12.8 Å². The molecule has 0 N–H and O–H groups in total. The molecule has 0 aromatic heterocycles. The molecule has 0 aromatic carbocycles. The number of rotatable bonds is 1. The van der Waals surface area contributed by atoms with Gasteiger partial charge in [0.25, 0.3) is 0 Å². The van der Waals surface area contributed by atoms with Gasteiger partial charge < -0.3 is 9.47 Å². The van der Waals surface area contributed by atoms with Crippen LogP contribution in [-0.2, 0) is 14.3 Å². The summed E-state index contributed by atoms with van der Waals surface area (Å²) in [5, 5.41) is 0. The van der Waals surface area contributed by atoms with Gasteiger partial charge in [0.1, 0.15) is 0 Å². The minimum absolute atomic E-state index is 0.0104. The van der Waals surface area contributed by atoms with Crippen molar-refractivity contribution in [2.24, 2.45) is 11.8 Å². The minimum atomic E-state index is -0.102. The third kappa shape index (κ3) is 1.04. The normalized spacial score (nSPS) is 44.8. The Morgan fingerprint density at radius 3 is 2.58 bits per heavy atom. The molecule has 3 heteroatoms. The summed E-state index contributed by atoms with van der Waals surface area (Å²) in [6.45, 7) is 2.18. The molecule has 2 saturated heterocycles. The van der Waals surface area contributed by atoms with E-state index < -0.39 is 0 Å². The van der Waals surface area contributed by atoms with Crippen molar-refractivity contribution in [3.8, 4) is 0 Å². The quantitative estimate of drug-likeness (QED) is 0.550. The molecule has 0 aliphatic carbocycles. The van der Waals surface area contributed by atoms with Crippen LogP contribution in [0.15, 0.2) is 0 Å². The van der Waals surface area contributed by atoms with Crippen molar-refractivity contribution in [3.05, 3.63) is 0 Å². The summed E-state index contributed by atoms with van der Waals surface area (Å²) >= 11 is 0. The lowest BCUT2D eigenvalue weighted by molar-refractivity contribution is -0.147. The van der Waals surface area contributed by atoms with Gasteiger partial charge in [0.2, 0.25) is 0 Å². The van der Waals surface area contributed by atoms with E-state index >= 15 is 0 Å². The van der Waals surface area contributed by atoms with Crippen LogP contribution in [0.5, 0.6) is 0 Å². The number of ether oxygens (including phenoxy) is 2. The average molecular weight is 170 g/mol. The van der Waals surface area contributed by atoms with Crippen LogP contribution >= 0.6 is 0 Å². The fourth-order valence-electron chi connectivity index (χ4n) is 2.28. The average Bonchev–Trinajstić information content (AvgIpc) is 2.60. The molecule has 0 aromatic rings. The van der Waals surface area contributed by atoms with Crippen LogP contribution in [-0.4, -0.2) is 25.3 Å². The van der Waals surface area contributed by atoms with E-state index in [1.165, 1.54) is 7.11 Å². The Bertz CT molecular complexity index is 200. The molecule has 2 rings (SSSR count). The molecule has 68 valence electrons. The van der Waals surface area contributed by atoms with Crippen molar-refractivity contribution < 1.29 is 14.3 Å². The summed E-state index contributed by atoms with van der Waals surface area (Å²) in [7, 11) is 1.44. The van der Waals surface area contributed by atoms with Crippen LogP contribution in [0.2, 0.25) is 0 Å². The lowest BCUT2D eigenvalue weighted by Gasteiger charge is -2.19. The highest BCUT2D eigenvalue weighted by molar-refractivity contribution is 5.73. The zero-order valence-corrected chi connectivity index (χ0v) is 7.45. The summed E-state index contributed by atoms with van der Waals surface area (Å²) in [5.41, 5.74) is 0. The van der Waals surface area contributed by atoms with Gasteiger partial charge in [-0.1, -0.05) is 6.92 Å². The van der Waals surface area contributed by atoms with Gasteiger partial charge in [0.05, 0.1) is 25.2 Å². The molecule has 0 saturated carbocycles. The molecule has 2 bridgehead atoms. The monoisotopic (exact) mass is 170 g/mol. The molecule has 2 aliphatic heterocycles. The predicted octanol–water partition coefficient (Wildman–Crippen LogP) is 0.973. The van der Waals surface area contributed by atoms with Crippen LogP contribution in [0.1, 0.15) is 19.8 Å². The van der Waals surface area contributed by atoms with Gasteiger partial charge in [0, 0.05) is 0 Å². The number of esters is 1. The second-order valence-corrected chi connectivity index (χ2v) is 3.79. The first kappa shape index (κ1) is 8.05. The molecular weight excluding hydrogens is 156 g/mol. The molecule has 12 heavy (non-hydrogen) atoms. The molecule has 3 nitrogen and oxygen atoms in total. The van der Waals surface area contributed by atoms with E-state index in [-0.39, 0.29) is 18.0 Å². The highest BCUT2D eigenvalue weighted by Crippen LogP contribution is 2.42. The maximum absolute atomic E-state index is 11.2. The van der Waals surface area contributed by atoms with Crippen molar-refractivity contribution in [1.29, 1.82) is 0 Å². The van der Waals surface area contributed by atoms with Crippen LogP contribution in [0.3, 0.4) is 0 Å². The molecule has 0 spiro atoms. The highest BCUT2D eigenvalue weighted by Gasteiger charge is 2.48. The number of fused-ring (bicyclic) bond motifs is 2. The third-order valence-electron chi connectivity index (χ3n) is 3.03. The summed E-state index contributed by atoms with van der Waals surface area (Å²) in [6, 6.07) is 0. The zero-order chi connectivity index (χ0) is 8.72. The lowest BCUT2D eigenvalue weighted by atomic mass is 9.83. The first-order valence-electron chi connectivity index (χ1n) is 4.45. The predicted molar refractivity (Wildman–Crippen MR) is 42.6 cm³/mol. The maximum Gasteiger partial charge on any atom is 0.311 e. The lowest BCUT2D eigenvalue weighted by Crippen LogP contribution is -2.28. The minimum Gasteiger partial charge on any atom is -0.469 e. The van der Waals surface area contributed by atoms with Gasteiger partial charge in [-0.3, -0.25) is 4.79 Å². The van der Waals surface area contributed by atoms with E-state index in [4.69, 9.17) is 9.47 Å². The van der Waals surface area contributed by atoms with Gasteiger partial charge in [-0.05, 0) is 18.8 Å². The van der Waals surface area contributed by atoms with E-state index in [0.29, 0.717) is 12.0 Å². The molecular formula is C9H14O3. The molecule has 2 fully saturated rings. The topological polar surface area (TPSA) is 35.5 Å². The van der Waals surface area contributed by atoms with E-state index in [1.54, 1.807) is 0 Å².